The zero-order valence-corrected chi connectivity index (χ0v) is 15.1. The fraction of sp³-hybridized carbons (Fsp3) is 0.316. The van der Waals surface area contributed by atoms with E-state index in [-0.39, 0.29) is 29.1 Å². The Bertz CT molecular complexity index is 817. The van der Waals surface area contributed by atoms with E-state index in [4.69, 9.17) is 0 Å². The lowest BCUT2D eigenvalue weighted by atomic mass is 10.2. The molecular formula is C19H23N4O4+. The number of hydrogen-bond donors (Lipinski definition) is 3. The number of amides is 1. The van der Waals surface area contributed by atoms with Crippen molar-refractivity contribution in [3.8, 4) is 5.75 Å². The topological polar surface area (TPSA) is 100 Å². The summed E-state index contributed by atoms with van der Waals surface area (Å²) >= 11 is 0. The predicted octanol–water partition coefficient (Wildman–Crippen LogP) is 1.03. The number of benzene rings is 2. The lowest BCUT2D eigenvalue weighted by Gasteiger charge is -2.36. The summed E-state index contributed by atoms with van der Waals surface area (Å²) in [6, 6.07) is 12.9. The number of phenols is 1. The van der Waals surface area contributed by atoms with Gasteiger partial charge in [0.1, 0.15) is 11.4 Å². The van der Waals surface area contributed by atoms with Crippen molar-refractivity contribution in [1.29, 1.82) is 0 Å². The van der Waals surface area contributed by atoms with Gasteiger partial charge in [0.2, 0.25) is 0 Å². The molecule has 1 amide bonds. The van der Waals surface area contributed by atoms with Crippen LogP contribution in [0.4, 0.5) is 17.1 Å². The van der Waals surface area contributed by atoms with Gasteiger partial charge in [-0.25, -0.2) is 0 Å². The molecule has 27 heavy (non-hydrogen) atoms. The number of carbonyl (C=O) groups excluding carboxylic acids is 1. The van der Waals surface area contributed by atoms with Crippen LogP contribution in [0.3, 0.4) is 0 Å². The molecule has 3 N–H and O–H groups in total. The minimum Gasteiger partial charge on any atom is -0.508 e. The van der Waals surface area contributed by atoms with Gasteiger partial charge in [-0.2, -0.15) is 0 Å². The Morgan fingerprint density at radius 3 is 2.44 bits per heavy atom. The fourth-order valence-corrected chi connectivity index (χ4v) is 3.31. The number of quaternary nitrogens is 1. The van der Waals surface area contributed by atoms with Crippen molar-refractivity contribution in [1.82, 2.24) is 0 Å². The highest BCUT2D eigenvalue weighted by Crippen LogP contribution is 2.23. The molecule has 0 saturated carbocycles. The minimum atomic E-state index is -0.496. The predicted molar refractivity (Wildman–Crippen MR) is 102 cm³/mol. The van der Waals surface area contributed by atoms with E-state index in [1.807, 2.05) is 19.1 Å². The molecule has 2 aromatic carbocycles. The summed E-state index contributed by atoms with van der Waals surface area (Å²) < 4.78 is 0. The SMILES string of the molecule is C[C@@H](C(=O)Nc1ccccc1[N+](=O)[O-])[NH+]1CCN(c2ccc(O)cc2)CC1. The standard InChI is InChI=1S/C19H22N4O4/c1-14(19(25)20-17-4-2-3-5-18(17)23(26)27)21-10-12-22(13-11-21)15-6-8-16(24)9-7-15/h2-9,14,24H,10-13H2,1H3,(H,20,25)/p+1/t14-/m0/s1. The third kappa shape index (κ3) is 4.35. The smallest absolute Gasteiger partial charge is 0.292 e. The molecule has 0 radical (unpaired) electrons. The van der Waals surface area contributed by atoms with Gasteiger partial charge in [-0.05, 0) is 37.3 Å². The minimum absolute atomic E-state index is 0.106. The maximum Gasteiger partial charge on any atom is 0.292 e. The van der Waals surface area contributed by atoms with Crippen LogP contribution in [0.5, 0.6) is 5.75 Å². The molecule has 0 spiro atoms. The zero-order valence-electron chi connectivity index (χ0n) is 15.1. The molecule has 2 aromatic rings. The van der Waals surface area contributed by atoms with E-state index < -0.39 is 4.92 Å². The van der Waals surface area contributed by atoms with Gasteiger partial charge in [-0.1, -0.05) is 12.1 Å². The lowest BCUT2D eigenvalue weighted by Crippen LogP contribution is -3.19. The van der Waals surface area contributed by atoms with Crippen molar-refractivity contribution in [3.63, 3.8) is 0 Å². The average Bonchev–Trinajstić information content (AvgIpc) is 2.68. The van der Waals surface area contributed by atoms with E-state index in [1.54, 1.807) is 30.3 Å². The van der Waals surface area contributed by atoms with Crippen LogP contribution in [-0.2, 0) is 4.79 Å². The summed E-state index contributed by atoms with van der Waals surface area (Å²) in [5.41, 5.74) is 1.16. The zero-order chi connectivity index (χ0) is 19.4. The molecule has 1 aliphatic heterocycles. The summed E-state index contributed by atoms with van der Waals surface area (Å²) in [7, 11) is 0. The first-order valence-electron chi connectivity index (χ1n) is 8.88. The molecular weight excluding hydrogens is 348 g/mol. The number of rotatable bonds is 5. The molecule has 1 heterocycles. The molecule has 1 atom stereocenters. The highest BCUT2D eigenvalue weighted by Gasteiger charge is 2.30. The van der Waals surface area contributed by atoms with Crippen molar-refractivity contribution < 1.29 is 19.7 Å². The lowest BCUT2D eigenvalue weighted by molar-refractivity contribution is -0.914. The molecule has 0 aromatic heterocycles. The number of hydrogen-bond acceptors (Lipinski definition) is 5. The van der Waals surface area contributed by atoms with Crippen LogP contribution < -0.4 is 15.1 Å². The van der Waals surface area contributed by atoms with Crippen molar-refractivity contribution in [2.45, 2.75) is 13.0 Å². The Labute approximate surface area is 157 Å². The molecule has 0 bridgehead atoms. The molecule has 3 rings (SSSR count). The third-order valence-electron chi connectivity index (χ3n) is 4.98. The van der Waals surface area contributed by atoms with Crippen molar-refractivity contribution in [3.05, 3.63) is 58.6 Å². The number of anilines is 2. The maximum atomic E-state index is 12.6. The first-order chi connectivity index (χ1) is 13.0. The van der Waals surface area contributed by atoms with Crippen LogP contribution >= 0.6 is 0 Å². The second-order valence-corrected chi connectivity index (χ2v) is 6.65. The number of carbonyl (C=O) groups is 1. The van der Waals surface area contributed by atoms with Crippen molar-refractivity contribution in [2.24, 2.45) is 0 Å². The van der Waals surface area contributed by atoms with Crippen LogP contribution in [0.1, 0.15) is 6.92 Å². The van der Waals surface area contributed by atoms with Gasteiger partial charge >= 0.3 is 0 Å². The van der Waals surface area contributed by atoms with Gasteiger partial charge in [0.15, 0.2) is 6.04 Å². The summed E-state index contributed by atoms with van der Waals surface area (Å²) in [6.45, 7) is 5.00. The van der Waals surface area contributed by atoms with Crippen LogP contribution in [0.15, 0.2) is 48.5 Å². The summed E-state index contributed by atoms with van der Waals surface area (Å²) in [5.74, 6) is 0.0145. The molecule has 0 unspecified atom stereocenters. The van der Waals surface area contributed by atoms with Crippen LogP contribution in [0.2, 0.25) is 0 Å². The van der Waals surface area contributed by atoms with Gasteiger partial charge in [0, 0.05) is 11.8 Å². The number of nitro benzene ring substituents is 1. The number of phenolic OH excluding ortho intramolecular Hbond substituents is 1. The summed E-state index contributed by atoms with van der Waals surface area (Å²) in [5, 5.41) is 23.2. The summed E-state index contributed by atoms with van der Waals surface area (Å²) in [6.07, 6.45) is 0. The average molecular weight is 371 g/mol. The van der Waals surface area contributed by atoms with E-state index in [2.05, 4.69) is 10.2 Å². The first-order valence-corrected chi connectivity index (χ1v) is 8.88. The van der Waals surface area contributed by atoms with Gasteiger partial charge in [0.25, 0.3) is 11.6 Å². The van der Waals surface area contributed by atoms with E-state index in [9.17, 15) is 20.0 Å². The molecule has 8 heteroatoms. The number of piperazine rings is 1. The second-order valence-electron chi connectivity index (χ2n) is 6.65. The highest BCUT2D eigenvalue weighted by molar-refractivity contribution is 5.95. The normalized spacial score (nSPS) is 16.0. The number of nitro groups is 1. The largest absolute Gasteiger partial charge is 0.508 e. The Morgan fingerprint density at radius 2 is 1.81 bits per heavy atom. The number of para-hydroxylation sites is 2. The molecule has 1 saturated heterocycles. The van der Waals surface area contributed by atoms with E-state index in [1.165, 1.54) is 6.07 Å². The first kappa shape index (κ1) is 18.7. The van der Waals surface area contributed by atoms with Crippen LogP contribution in [0, 0.1) is 10.1 Å². The van der Waals surface area contributed by atoms with Crippen LogP contribution in [0.25, 0.3) is 0 Å². The number of nitrogens with zero attached hydrogens (tertiary/aromatic N) is 2. The summed E-state index contributed by atoms with van der Waals surface area (Å²) in [4.78, 5) is 26.5. The van der Waals surface area contributed by atoms with Gasteiger partial charge in [-0.15, -0.1) is 0 Å². The van der Waals surface area contributed by atoms with E-state index in [0.717, 1.165) is 36.8 Å². The molecule has 0 aliphatic carbocycles. The number of aromatic hydroxyl groups is 1. The highest BCUT2D eigenvalue weighted by atomic mass is 16.6. The van der Waals surface area contributed by atoms with Crippen LogP contribution in [-0.4, -0.2) is 48.2 Å². The second kappa shape index (κ2) is 8.05. The van der Waals surface area contributed by atoms with E-state index in [0.29, 0.717) is 0 Å². The molecule has 142 valence electrons. The maximum absolute atomic E-state index is 12.6. The van der Waals surface area contributed by atoms with Gasteiger partial charge in [-0.3, -0.25) is 14.9 Å². The monoisotopic (exact) mass is 371 g/mol. The number of nitrogens with one attached hydrogen (secondary N) is 2. The molecule has 8 nitrogen and oxygen atoms in total. The van der Waals surface area contributed by atoms with Gasteiger partial charge in [0.05, 0.1) is 31.1 Å². The Morgan fingerprint density at radius 1 is 1.19 bits per heavy atom. The van der Waals surface area contributed by atoms with Gasteiger partial charge < -0.3 is 20.2 Å². The van der Waals surface area contributed by atoms with Crippen molar-refractivity contribution >= 4 is 23.0 Å². The quantitative estimate of drug-likeness (QED) is 0.539. The Kier molecular flexibility index (Phi) is 5.56. The van der Waals surface area contributed by atoms with E-state index >= 15 is 0 Å². The third-order valence-corrected chi connectivity index (χ3v) is 4.98. The molecule has 1 fully saturated rings. The Balaban J connectivity index is 1.59. The Hall–Kier alpha value is -3.13. The molecule has 1 aliphatic rings. The fourth-order valence-electron chi connectivity index (χ4n) is 3.31. The van der Waals surface area contributed by atoms with Crippen molar-refractivity contribution in [2.75, 3.05) is 36.4 Å².